The van der Waals surface area contributed by atoms with Crippen molar-refractivity contribution in [3.05, 3.63) is 50.6 Å². The molecule has 0 aliphatic heterocycles. The summed E-state index contributed by atoms with van der Waals surface area (Å²) in [6.07, 6.45) is 5.75. The summed E-state index contributed by atoms with van der Waals surface area (Å²) in [5, 5.41) is 0. The molecule has 0 aromatic rings. The first-order valence-corrected chi connectivity index (χ1v) is 8.74. The molecule has 0 aliphatic carbocycles. The van der Waals surface area contributed by atoms with E-state index in [1.807, 2.05) is 0 Å². The number of carbonyl (C=O) groups excluding carboxylic acids is 4. The van der Waals surface area contributed by atoms with E-state index in [9.17, 15) is 19.2 Å². The molecule has 6 nitrogen and oxygen atoms in total. The van der Waals surface area contributed by atoms with Crippen molar-refractivity contribution in [2.24, 2.45) is 22.7 Å². The average Bonchev–Trinajstić information content (AvgIpc) is 2.66. The van der Waals surface area contributed by atoms with Crippen LogP contribution in [-0.4, -0.2) is 23.9 Å². The van der Waals surface area contributed by atoms with Gasteiger partial charge in [0.25, 0.3) is 0 Å². The van der Waals surface area contributed by atoms with Gasteiger partial charge in [-0.2, -0.15) is 0 Å². The highest BCUT2D eigenvalue weighted by Crippen LogP contribution is 2.23. The van der Waals surface area contributed by atoms with Crippen LogP contribution in [0.2, 0.25) is 0 Å². The molecule has 0 aromatic heterocycles. The van der Waals surface area contributed by atoms with Gasteiger partial charge in [-0.1, -0.05) is 24.3 Å². The fraction of sp³-hybridized carbons (Fsp3) is 0.455. The van der Waals surface area contributed by atoms with Gasteiger partial charge in [-0.3, -0.25) is 19.2 Å². The van der Waals surface area contributed by atoms with Crippen molar-refractivity contribution in [3.63, 3.8) is 0 Å². The molecule has 28 heavy (non-hydrogen) atoms. The molecule has 0 amide bonds. The highest BCUT2D eigenvalue weighted by Gasteiger charge is 2.33. The van der Waals surface area contributed by atoms with Crippen LogP contribution in [0.1, 0.15) is 41.5 Å². The van der Waals surface area contributed by atoms with Gasteiger partial charge in [0.1, 0.15) is 0 Å². The molecule has 2 unspecified atom stereocenters. The van der Waals surface area contributed by atoms with Gasteiger partial charge in [0.2, 0.25) is 0 Å². The lowest BCUT2D eigenvalue weighted by molar-refractivity contribution is -0.169. The number of ether oxygens (including phenoxy) is 2. The molecule has 0 N–H and O–H groups in total. The van der Waals surface area contributed by atoms with E-state index in [4.69, 9.17) is 4.74 Å². The van der Waals surface area contributed by atoms with Gasteiger partial charge in [-0.05, 0) is 41.5 Å². The van der Waals surface area contributed by atoms with Crippen molar-refractivity contribution in [2.45, 2.75) is 41.5 Å². The van der Waals surface area contributed by atoms with Gasteiger partial charge >= 0.3 is 23.9 Å². The van der Waals surface area contributed by atoms with E-state index in [-0.39, 0.29) is 0 Å². The molecular weight excluding hydrogens is 360 g/mol. The van der Waals surface area contributed by atoms with Crippen LogP contribution < -0.4 is 0 Å². The Morgan fingerprint density at radius 1 is 0.679 bits per heavy atom. The Morgan fingerprint density at radius 3 is 1.18 bits per heavy atom. The molecule has 0 heterocycles. The monoisotopic (exact) mass is 392 g/mol. The summed E-state index contributed by atoms with van der Waals surface area (Å²) in [7, 11) is 0. The number of hydrogen-bond acceptors (Lipinski definition) is 6. The third-order valence-corrected chi connectivity index (χ3v) is 3.91. The van der Waals surface area contributed by atoms with Crippen molar-refractivity contribution < 1.29 is 28.7 Å². The molecule has 156 valence electrons. The van der Waals surface area contributed by atoms with Crippen molar-refractivity contribution in [1.82, 2.24) is 0 Å². The minimum Gasteiger partial charge on any atom is -0.392 e. The third-order valence-electron chi connectivity index (χ3n) is 3.91. The van der Waals surface area contributed by atoms with Crippen LogP contribution in [0.25, 0.3) is 0 Å². The van der Waals surface area contributed by atoms with Gasteiger partial charge in [0.15, 0.2) is 0 Å². The SMILES string of the molecule is C=CC(C)(C)C(=O)OC(=O)C(C)(C)C=C.C=CC(C)C(=O)OC(=O)C(C)C=C. The number of hydrogen-bond donors (Lipinski definition) is 0. The first-order valence-electron chi connectivity index (χ1n) is 8.74. The Morgan fingerprint density at radius 2 is 0.964 bits per heavy atom. The molecule has 0 radical (unpaired) electrons. The zero-order valence-corrected chi connectivity index (χ0v) is 17.7. The first kappa shape index (κ1) is 27.5. The smallest absolute Gasteiger partial charge is 0.323 e. The van der Waals surface area contributed by atoms with Crippen molar-refractivity contribution in [3.8, 4) is 0 Å². The molecular formula is C22H32O6. The molecule has 0 aliphatic rings. The van der Waals surface area contributed by atoms with Crippen molar-refractivity contribution >= 4 is 23.9 Å². The van der Waals surface area contributed by atoms with E-state index in [1.54, 1.807) is 41.5 Å². The number of esters is 4. The summed E-state index contributed by atoms with van der Waals surface area (Å²) < 4.78 is 9.28. The summed E-state index contributed by atoms with van der Waals surface area (Å²) in [5.41, 5.74) is -1.71. The van der Waals surface area contributed by atoms with Crippen molar-refractivity contribution in [2.75, 3.05) is 0 Å². The second-order valence-electron chi connectivity index (χ2n) is 7.32. The molecule has 0 aromatic carbocycles. The Bertz CT molecular complexity index is 585. The second kappa shape index (κ2) is 11.8. The molecule has 0 bridgehead atoms. The molecule has 0 rings (SSSR count). The summed E-state index contributed by atoms with van der Waals surface area (Å²) >= 11 is 0. The molecule has 0 saturated carbocycles. The number of rotatable bonds is 8. The summed E-state index contributed by atoms with van der Waals surface area (Å²) in [6.45, 7) is 23.6. The molecule has 0 fully saturated rings. The third kappa shape index (κ3) is 9.26. The second-order valence-corrected chi connectivity index (χ2v) is 7.32. The van der Waals surface area contributed by atoms with Gasteiger partial charge in [-0.25, -0.2) is 0 Å². The van der Waals surface area contributed by atoms with Crippen LogP contribution in [0.3, 0.4) is 0 Å². The minimum absolute atomic E-state index is 0.457. The zero-order valence-electron chi connectivity index (χ0n) is 17.7. The Labute approximate surface area is 168 Å². The van der Waals surface area contributed by atoms with E-state index in [0.29, 0.717) is 0 Å². The van der Waals surface area contributed by atoms with Crippen LogP contribution in [0, 0.1) is 22.7 Å². The van der Waals surface area contributed by atoms with Crippen LogP contribution in [-0.2, 0) is 28.7 Å². The lowest BCUT2D eigenvalue weighted by atomic mass is 9.92. The normalized spacial score (nSPS) is 12.8. The average molecular weight is 392 g/mol. The van der Waals surface area contributed by atoms with Gasteiger partial charge in [0, 0.05) is 0 Å². The quantitative estimate of drug-likeness (QED) is 0.350. The molecule has 6 heteroatoms. The van der Waals surface area contributed by atoms with Crippen LogP contribution in [0.5, 0.6) is 0 Å². The Balaban J connectivity index is 0. The van der Waals surface area contributed by atoms with Crippen LogP contribution >= 0.6 is 0 Å². The van der Waals surface area contributed by atoms with Crippen LogP contribution in [0.4, 0.5) is 0 Å². The van der Waals surface area contributed by atoms with E-state index in [0.717, 1.165) is 0 Å². The maximum Gasteiger partial charge on any atom is 0.323 e. The maximum atomic E-state index is 11.5. The Hall–Kier alpha value is -2.76. The standard InChI is InChI=1S/C12H18O3.C10H14O3/c1-7-11(3,4)9(13)15-10(14)12(5,6)8-2;1-5-7(3)9(11)13-10(12)8(4)6-2/h7-8H,1-2H2,3-6H3;5-8H,1-2H2,3-4H3. The lowest BCUT2D eigenvalue weighted by Crippen LogP contribution is -2.32. The largest absolute Gasteiger partial charge is 0.392 e. The maximum absolute atomic E-state index is 11.5. The van der Waals surface area contributed by atoms with Gasteiger partial charge in [-0.15, -0.1) is 26.3 Å². The van der Waals surface area contributed by atoms with Crippen molar-refractivity contribution in [1.29, 1.82) is 0 Å². The fourth-order valence-corrected chi connectivity index (χ4v) is 0.991. The summed E-state index contributed by atoms with van der Waals surface area (Å²) in [6, 6.07) is 0. The van der Waals surface area contributed by atoms with E-state index in [2.05, 4.69) is 31.1 Å². The molecule has 0 spiro atoms. The van der Waals surface area contributed by atoms with E-state index in [1.165, 1.54) is 24.3 Å². The lowest BCUT2D eigenvalue weighted by Gasteiger charge is -2.21. The highest BCUT2D eigenvalue weighted by atomic mass is 16.6. The van der Waals surface area contributed by atoms with Gasteiger partial charge < -0.3 is 9.47 Å². The predicted molar refractivity (Wildman–Crippen MR) is 109 cm³/mol. The van der Waals surface area contributed by atoms with Gasteiger partial charge in [0.05, 0.1) is 22.7 Å². The summed E-state index contributed by atoms with van der Waals surface area (Å²) in [5.74, 6) is -3.26. The number of carbonyl (C=O) groups is 4. The fourth-order valence-electron chi connectivity index (χ4n) is 0.991. The van der Waals surface area contributed by atoms with E-state index < -0.39 is 46.5 Å². The minimum atomic E-state index is -0.854. The zero-order chi connectivity index (χ0) is 22.7. The molecule has 0 saturated heterocycles. The van der Waals surface area contributed by atoms with Crippen LogP contribution in [0.15, 0.2) is 50.6 Å². The Kier molecular flexibility index (Phi) is 11.6. The highest BCUT2D eigenvalue weighted by molar-refractivity contribution is 5.92. The molecule has 2 atom stereocenters. The van der Waals surface area contributed by atoms with E-state index >= 15 is 0 Å². The topological polar surface area (TPSA) is 86.7 Å². The first-order chi connectivity index (χ1) is 12.7. The summed E-state index contributed by atoms with van der Waals surface area (Å²) in [4.78, 5) is 45.2. The predicted octanol–water partition coefficient (Wildman–Crippen LogP) is 4.18.